The Labute approximate surface area is 160 Å². The van der Waals surface area contributed by atoms with Gasteiger partial charge < -0.3 is 10.6 Å². The van der Waals surface area contributed by atoms with Gasteiger partial charge in [-0.15, -0.1) is 0 Å². The fraction of sp³-hybridized carbons (Fsp3) is 0.0526. The van der Waals surface area contributed by atoms with E-state index in [9.17, 15) is 9.18 Å². The van der Waals surface area contributed by atoms with Gasteiger partial charge in [-0.25, -0.2) is 9.37 Å². The Morgan fingerprint density at radius 2 is 1.85 bits per heavy atom. The number of aromatic nitrogens is 1. The van der Waals surface area contributed by atoms with Crippen LogP contribution in [0, 0.1) is 5.82 Å². The average molecular weight is 390 g/mol. The molecule has 0 bridgehead atoms. The minimum Gasteiger partial charge on any atom is -0.366 e. The van der Waals surface area contributed by atoms with Crippen molar-refractivity contribution in [3.8, 4) is 0 Å². The van der Waals surface area contributed by atoms with Gasteiger partial charge in [0.2, 0.25) is 0 Å². The van der Waals surface area contributed by atoms with Gasteiger partial charge in [-0.05, 0) is 30.3 Å². The summed E-state index contributed by atoms with van der Waals surface area (Å²) in [7, 11) is 0. The van der Waals surface area contributed by atoms with E-state index < -0.39 is 0 Å². The summed E-state index contributed by atoms with van der Waals surface area (Å²) in [5.41, 5.74) is 1.31. The molecule has 1 aromatic heterocycles. The van der Waals surface area contributed by atoms with E-state index in [0.29, 0.717) is 34.2 Å². The van der Waals surface area contributed by atoms with Crippen molar-refractivity contribution >= 4 is 40.6 Å². The van der Waals surface area contributed by atoms with Crippen LogP contribution in [0.1, 0.15) is 15.9 Å². The number of halogens is 3. The van der Waals surface area contributed by atoms with Crippen LogP contribution in [0.25, 0.3) is 0 Å². The van der Waals surface area contributed by atoms with E-state index in [1.54, 1.807) is 48.5 Å². The first kappa shape index (κ1) is 18.2. The summed E-state index contributed by atoms with van der Waals surface area (Å²) in [5.74, 6) is -0.109. The zero-order chi connectivity index (χ0) is 18.5. The monoisotopic (exact) mass is 389 g/mol. The van der Waals surface area contributed by atoms with Crippen molar-refractivity contribution in [1.82, 2.24) is 4.98 Å². The minimum atomic E-state index is -0.359. The molecule has 26 heavy (non-hydrogen) atoms. The molecule has 1 heterocycles. The second-order valence-corrected chi connectivity index (χ2v) is 6.22. The SMILES string of the molecule is O=C(Nc1cccc(Cl)c1Cl)c1ccc(NCc2ccccc2F)nc1. The van der Waals surface area contributed by atoms with Crippen molar-refractivity contribution < 1.29 is 9.18 Å². The third-order valence-corrected chi connectivity index (χ3v) is 4.46. The maximum absolute atomic E-state index is 13.6. The number of pyridine rings is 1. The predicted molar refractivity (Wildman–Crippen MR) is 102 cm³/mol. The van der Waals surface area contributed by atoms with Crippen LogP contribution in [0.4, 0.5) is 15.9 Å². The van der Waals surface area contributed by atoms with Crippen molar-refractivity contribution in [3.05, 3.63) is 87.8 Å². The summed E-state index contributed by atoms with van der Waals surface area (Å²) in [6.07, 6.45) is 1.43. The van der Waals surface area contributed by atoms with E-state index in [2.05, 4.69) is 15.6 Å². The molecular weight excluding hydrogens is 376 g/mol. The van der Waals surface area contributed by atoms with Gasteiger partial charge in [0.05, 0.1) is 21.3 Å². The Balaban J connectivity index is 1.64. The third kappa shape index (κ3) is 4.31. The summed E-state index contributed by atoms with van der Waals surface area (Å²) in [5, 5.41) is 6.33. The third-order valence-electron chi connectivity index (χ3n) is 3.64. The summed E-state index contributed by atoms with van der Waals surface area (Å²) >= 11 is 12.0. The smallest absolute Gasteiger partial charge is 0.257 e. The summed E-state index contributed by atoms with van der Waals surface area (Å²) in [6.45, 7) is 0.295. The highest BCUT2D eigenvalue weighted by Crippen LogP contribution is 2.29. The highest BCUT2D eigenvalue weighted by Gasteiger charge is 2.11. The number of hydrogen-bond donors (Lipinski definition) is 2. The molecule has 0 saturated carbocycles. The van der Waals surface area contributed by atoms with Gasteiger partial charge in [0, 0.05) is 18.3 Å². The van der Waals surface area contributed by atoms with Gasteiger partial charge in [-0.2, -0.15) is 0 Å². The molecule has 0 aliphatic carbocycles. The zero-order valence-electron chi connectivity index (χ0n) is 13.5. The largest absolute Gasteiger partial charge is 0.366 e. The van der Waals surface area contributed by atoms with Gasteiger partial charge >= 0.3 is 0 Å². The molecule has 0 atom stereocenters. The molecule has 0 spiro atoms. The van der Waals surface area contributed by atoms with E-state index in [4.69, 9.17) is 23.2 Å². The second kappa shape index (κ2) is 8.17. The first-order chi connectivity index (χ1) is 12.5. The Morgan fingerprint density at radius 3 is 2.58 bits per heavy atom. The van der Waals surface area contributed by atoms with E-state index in [1.165, 1.54) is 12.3 Å². The Kier molecular flexibility index (Phi) is 5.71. The molecule has 2 N–H and O–H groups in total. The molecule has 2 aromatic carbocycles. The maximum Gasteiger partial charge on any atom is 0.257 e. The Bertz CT molecular complexity index is 932. The number of anilines is 2. The molecule has 3 aromatic rings. The van der Waals surface area contributed by atoms with Gasteiger partial charge in [0.25, 0.3) is 5.91 Å². The van der Waals surface area contributed by atoms with Crippen LogP contribution in [0.2, 0.25) is 10.0 Å². The molecule has 132 valence electrons. The number of nitrogens with one attached hydrogen (secondary N) is 2. The van der Waals surface area contributed by atoms with Gasteiger partial charge in [0.1, 0.15) is 11.6 Å². The normalized spacial score (nSPS) is 10.4. The lowest BCUT2D eigenvalue weighted by Gasteiger charge is -2.09. The number of carbonyl (C=O) groups is 1. The summed E-state index contributed by atoms with van der Waals surface area (Å²) < 4.78 is 13.6. The maximum atomic E-state index is 13.6. The molecule has 4 nitrogen and oxygen atoms in total. The van der Waals surface area contributed by atoms with Gasteiger partial charge in [-0.3, -0.25) is 4.79 Å². The topological polar surface area (TPSA) is 54.0 Å². The molecule has 0 saturated heterocycles. The van der Waals surface area contributed by atoms with Crippen LogP contribution in [0.15, 0.2) is 60.8 Å². The van der Waals surface area contributed by atoms with Crippen LogP contribution < -0.4 is 10.6 Å². The van der Waals surface area contributed by atoms with Crippen molar-refractivity contribution in [2.45, 2.75) is 6.54 Å². The van der Waals surface area contributed by atoms with Crippen LogP contribution in [-0.4, -0.2) is 10.9 Å². The lowest BCUT2D eigenvalue weighted by molar-refractivity contribution is 0.102. The molecule has 0 fully saturated rings. The molecule has 1 amide bonds. The number of carbonyl (C=O) groups excluding carboxylic acids is 1. The molecule has 0 unspecified atom stereocenters. The first-order valence-electron chi connectivity index (χ1n) is 7.73. The molecular formula is C19H14Cl2FN3O. The van der Waals surface area contributed by atoms with Gasteiger partial charge in [-0.1, -0.05) is 47.5 Å². The summed E-state index contributed by atoms with van der Waals surface area (Å²) in [4.78, 5) is 16.5. The average Bonchev–Trinajstić information content (AvgIpc) is 2.65. The van der Waals surface area contributed by atoms with E-state index >= 15 is 0 Å². The lowest BCUT2D eigenvalue weighted by Crippen LogP contribution is -2.13. The fourth-order valence-corrected chi connectivity index (χ4v) is 2.60. The number of nitrogens with zero attached hydrogens (tertiary/aromatic N) is 1. The molecule has 0 radical (unpaired) electrons. The second-order valence-electron chi connectivity index (χ2n) is 5.43. The molecule has 0 aliphatic heterocycles. The van der Waals surface area contributed by atoms with E-state index in [1.807, 2.05) is 0 Å². The standard InChI is InChI=1S/C19H14Cl2FN3O/c20-14-5-3-7-16(18(14)21)25-19(26)13-8-9-17(24-11-13)23-10-12-4-1-2-6-15(12)22/h1-9,11H,10H2,(H,23,24)(H,25,26). The Morgan fingerprint density at radius 1 is 1.04 bits per heavy atom. The number of amides is 1. The number of hydrogen-bond acceptors (Lipinski definition) is 3. The fourth-order valence-electron chi connectivity index (χ4n) is 2.26. The van der Waals surface area contributed by atoms with Gasteiger partial charge in [0.15, 0.2) is 0 Å². The van der Waals surface area contributed by atoms with Crippen molar-refractivity contribution in [2.75, 3.05) is 10.6 Å². The first-order valence-corrected chi connectivity index (χ1v) is 8.49. The summed E-state index contributed by atoms with van der Waals surface area (Å²) in [6, 6.07) is 14.7. The lowest BCUT2D eigenvalue weighted by atomic mass is 10.2. The predicted octanol–water partition coefficient (Wildman–Crippen LogP) is 5.39. The molecule has 7 heteroatoms. The Hall–Kier alpha value is -2.63. The van der Waals surface area contributed by atoms with Crippen LogP contribution >= 0.6 is 23.2 Å². The van der Waals surface area contributed by atoms with E-state index in [-0.39, 0.29) is 16.7 Å². The molecule has 3 rings (SSSR count). The van der Waals surface area contributed by atoms with Crippen molar-refractivity contribution in [1.29, 1.82) is 0 Å². The van der Waals surface area contributed by atoms with Crippen LogP contribution in [0.5, 0.6) is 0 Å². The quantitative estimate of drug-likeness (QED) is 0.614. The van der Waals surface area contributed by atoms with Crippen molar-refractivity contribution in [3.63, 3.8) is 0 Å². The van der Waals surface area contributed by atoms with E-state index in [0.717, 1.165) is 0 Å². The van der Waals surface area contributed by atoms with Crippen molar-refractivity contribution in [2.24, 2.45) is 0 Å². The van der Waals surface area contributed by atoms with Crippen LogP contribution in [-0.2, 0) is 6.54 Å². The molecule has 0 aliphatic rings. The van der Waals surface area contributed by atoms with Crippen LogP contribution in [0.3, 0.4) is 0 Å². The minimum absolute atomic E-state index is 0.277. The zero-order valence-corrected chi connectivity index (χ0v) is 15.0. The number of benzene rings is 2. The highest BCUT2D eigenvalue weighted by molar-refractivity contribution is 6.44. The number of rotatable bonds is 5. The highest BCUT2D eigenvalue weighted by atomic mass is 35.5.